The lowest BCUT2D eigenvalue weighted by Crippen LogP contribution is -1.98. The summed E-state index contributed by atoms with van der Waals surface area (Å²) in [4.78, 5) is 0. The Morgan fingerprint density at radius 3 is 1.80 bits per heavy atom. The molecular weight excluding hydrogens is 484 g/mol. The molecule has 0 atom stereocenters. The molecule has 188 valence electrons. The van der Waals surface area contributed by atoms with Gasteiger partial charge in [-0.05, 0) is 74.3 Å². The predicted molar refractivity (Wildman–Crippen MR) is 173 cm³/mol. The minimum absolute atomic E-state index is 1.07. The molecule has 0 saturated carbocycles. The zero-order valence-electron chi connectivity index (χ0n) is 21.9. The van der Waals surface area contributed by atoms with Gasteiger partial charge in [-0.1, -0.05) is 109 Å². The Kier molecular flexibility index (Phi) is 5.17. The Morgan fingerprint density at radius 1 is 0.350 bits per heavy atom. The summed E-state index contributed by atoms with van der Waals surface area (Å²) < 4.78 is 0. The van der Waals surface area contributed by atoms with Crippen molar-refractivity contribution in [3.63, 3.8) is 0 Å². The van der Waals surface area contributed by atoms with Crippen LogP contribution in [0, 0.1) is 0 Å². The third kappa shape index (κ3) is 3.65. The summed E-state index contributed by atoms with van der Waals surface area (Å²) in [5.41, 5.74) is 6.84. The van der Waals surface area contributed by atoms with Gasteiger partial charge >= 0.3 is 0 Å². The van der Waals surface area contributed by atoms with Gasteiger partial charge in [-0.15, -0.1) is 0 Å². The van der Waals surface area contributed by atoms with E-state index in [1.165, 1.54) is 54.2 Å². The molecule has 0 aliphatic rings. The molecule has 0 saturated heterocycles. The van der Waals surface area contributed by atoms with E-state index >= 15 is 0 Å². The monoisotopic (exact) mass is 510 g/mol. The molecule has 0 fully saturated rings. The van der Waals surface area contributed by atoms with Crippen molar-refractivity contribution in [2.45, 2.75) is 0 Å². The van der Waals surface area contributed by atoms with Gasteiger partial charge in [0.15, 0.2) is 0 Å². The molecule has 0 aromatic heterocycles. The highest BCUT2D eigenvalue weighted by atomic mass is 14.9. The average molecular weight is 511 g/mol. The number of hydrogen-bond donors (Lipinski definition) is 2. The number of rotatable bonds is 5. The summed E-state index contributed by atoms with van der Waals surface area (Å²) in [5, 5.41) is 17.5. The predicted octanol–water partition coefficient (Wildman–Crippen LogP) is 10.9. The first-order chi connectivity index (χ1) is 19.8. The summed E-state index contributed by atoms with van der Waals surface area (Å²) in [6.07, 6.45) is 0. The lowest BCUT2D eigenvalue weighted by Gasteiger charge is -2.21. The fraction of sp³-hybridized carbons (Fsp3) is 0. The second kappa shape index (κ2) is 9.14. The van der Waals surface area contributed by atoms with E-state index in [1.807, 2.05) is 6.07 Å². The SMILES string of the molecule is c1ccc(Nc2ccc3ccc4c(Nc5ccccc5)c(-c5cccc6ccccc56)cc5ccc2c3c54)cc1. The van der Waals surface area contributed by atoms with E-state index in [-0.39, 0.29) is 0 Å². The lowest BCUT2D eigenvalue weighted by molar-refractivity contribution is 1.57. The number of anilines is 4. The molecule has 0 bridgehead atoms. The van der Waals surface area contributed by atoms with Gasteiger partial charge in [0, 0.05) is 33.4 Å². The van der Waals surface area contributed by atoms with E-state index < -0.39 is 0 Å². The van der Waals surface area contributed by atoms with E-state index in [0.717, 1.165) is 22.7 Å². The maximum atomic E-state index is 3.83. The molecule has 8 rings (SSSR count). The number of benzene rings is 8. The zero-order valence-corrected chi connectivity index (χ0v) is 21.9. The van der Waals surface area contributed by atoms with Crippen LogP contribution in [-0.2, 0) is 0 Å². The van der Waals surface area contributed by atoms with Crippen molar-refractivity contribution in [3.8, 4) is 11.1 Å². The van der Waals surface area contributed by atoms with E-state index in [0.29, 0.717) is 0 Å². The first-order valence-electron chi connectivity index (χ1n) is 13.7. The minimum Gasteiger partial charge on any atom is -0.355 e. The topological polar surface area (TPSA) is 24.1 Å². The number of hydrogen-bond acceptors (Lipinski definition) is 2. The van der Waals surface area contributed by atoms with E-state index in [4.69, 9.17) is 0 Å². The van der Waals surface area contributed by atoms with Crippen molar-refractivity contribution in [2.75, 3.05) is 10.6 Å². The van der Waals surface area contributed by atoms with E-state index in [2.05, 4.69) is 150 Å². The van der Waals surface area contributed by atoms with E-state index in [9.17, 15) is 0 Å². The number of nitrogens with one attached hydrogen (secondary N) is 2. The smallest absolute Gasteiger partial charge is 0.0544 e. The maximum absolute atomic E-state index is 3.83. The Bertz CT molecular complexity index is 2140. The Hall–Kier alpha value is -5.34. The molecule has 0 aliphatic carbocycles. The van der Waals surface area contributed by atoms with Crippen LogP contribution in [0.25, 0.3) is 54.2 Å². The van der Waals surface area contributed by atoms with Crippen LogP contribution in [0.1, 0.15) is 0 Å². The van der Waals surface area contributed by atoms with Gasteiger partial charge in [0.25, 0.3) is 0 Å². The molecule has 0 heterocycles. The van der Waals surface area contributed by atoms with Gasteiger partial charge in [-0.3, -0.25) is 0 Å². The summed E-state index contributed by atoms with van der Waals surface area (Å²) in [6, 6.07) is 52.0. The molecule has 2 heteroatoms. The van der Waals surface area contributed by atoms with Gasteiger partial charge in [-0.2, -0.15) is 0 Å². The maximum Gasteiger partial charge on any atom is 0.0544 e. The number of para-hydroxylation sites is 2. The molecule has 0 spiro atoms. The fourth-order valence-electron chi connectivity index (χ4n) is 6.14. The summed E-state index contributed by atoms with van der Waals surface area (Å²) in [6.45, 7) is 0. The third-order valence-electron chi connectivity index (χ3n) is 7.96. The summed E-state index contributed by atoms with van der Waals surface area (Å²) in [7, 11) is 0. The fourth-order valence-corrected chi connectivity index (χ4v) is 6.14. The second-order valence-electron chi connectivity index (χ2n) is 10.3. The molecule has 8 aromatic carbocycles. The molecule has 8 aromatic rings. The summed E-state index contributed by atoms with van der Waals surface area (Å²) in [5.74, 6) is 0. The lowest BCUT2D eigenvalue weighted by atomic mass is 9.88. The standard InChI is InChI=1S/C38H26N2/c1-3-12-28(13-4-1)39-35-23-20-26-18-22-33-37-27(19-21-32(35)36(26)37)24-34(38(33)40-29-14-5-2-6-15-29)31-17-9-11-25-10-7-8-16-30(25)31/h1-24,39-40H. The van der Waals surface area contributed by atoms with Crippen LogP contribution in [-0.4, -0.2) is 0 Å². The summed E-state index contributed by atoms with van der Waals surface area (Å²) >= 11 is 0. The quantitative estimate of drug-likeness (QED) is 0.225. The van der Waals surface area contributed by atoms with Gasteiger partial charge in [0.2, 0.25) is 0 Å². The highest BCUT2D eigenvalue weighted by Gasteiger charge is 2.18. The molecule has 0 unspecified atom stereocenters. The first-order valence-corrected chi connectivity index (χ1v) is 13.7. The van der Waals surface area contributed by atoms with Crippen LogP contribution < -0.4 is 10.6 Å². The molecule has 2 N–H and O–H groups in total. The van der Waals surface area contributed by atoms with Crippen LogP contribution >= 0.6 is 0 Å². The van der Waals surface area contributed by atoms with Crippen molar-refractivity contribution in [1.29, 1.82) is 0 Å². The minimum atomic E-state index is 1.07. The molecule has 40 heavy (non-hydrogen) atoms. The molecular formula is C38H26N2. The average Bonchev–Trinajstić information content (AvgIpc) is 3.02. The van der Waals surface area contributed by atoms with Crippen LogP contribution in [0.2, 0.25) is 0 Å². The van der Waals surface area contributed by atoms with Crippen LogP contribution in [0.3, 0.4) is 0 Å². The van der Waals surface area contributed by atoms with Crippen LogP contribution in [0.4, 0.5) is 22.7 Å². The number of fused-ring (bicyclic) bond motifs is 1. The van der Waals surface area contributed by atoms with Crippen molar-refractivity contribution in [2.24, 2.45) is 0 Å². The molecule has 0 aliphatic heterocycles. The molecule has 2 nitrogen and oxygen atoms in total. The normalized spacial score (nSPS) is 11.5. The van der Waals surface area contributed by atoms with Crippen molar-refractivity contribution < 1.29 is 0 Å². The highest BCUT2D eigenvalue weighted by Crippen LogP contribution is 2.46. The van der Waals surface area contributed by atoms with Gasteiger partial charge < -0.3 is 10.6 Å². The molecule has 0 amide bonds. The van der Waals surface area contributed by atoms with Crippen molar-refractivity contribution in [1.82, 2.24) is 0 Å². The largest absolute Gasteiger partial charge is 0.355 e. The van der Waals surface area contributed by atoms with Gasteiger partial charge in [0.1, 0.15) is 0 Å². The van der Waals surface area contributed by atoms with Gasteiger partial charge in [0.05, 0.1) is 5.69 Å². The van der Waals surface area contributed by atoms with Crippen molar-refractivity contribution in [3.05, 3.63) is 146 Å². The Labute approximate surface area is 232 Å². The van der Waals surface area contributed by atoms with E-state index in [1.54, 1.807) is 0 Å². The third-order valence-corrected chi connectivity index (χ3v) is 7.96. The Morgan fingerprint density at radius 2 is 0.975 bits per heavy atom. The van der Waals surface area contributed by atoms with Crippen LogP contribution in [0.15, 0.2) is 146 Å². The second-order valence-corrected chi connectivity index (χ2v) is 10.3. The van der Waals surface area contributed by atoms with Crippen molar-refractivity contribution >= 4 is 65.8 Å². The zero-order chi connectivity index (χ0) is 26.5. The highest BCUT2D eigenvalue weighted by molar-refractivity contribution is 6.29. The van der Waals surface area contributed by atoms with Crippen LogP contribution in [0.5, 0.6) is 0 Å². The van der Waals surface area contributed by atoms with Gasteiger partial charge in [-0.25, -0.2) is 0 Å². The molecule has 0 radical (unpaired) electrons. The first kappa shape index (κ1) is 22.6. The Balaban J connectivity index is 1.44.